The van der Waals surface area contributed by atoms with Crippen molar-refractivity contribution >= 4 is 34.2 Å². The third-order valence-electron chi connectivity index (χ3n) is 5.22. The van der Waals surface area contributed by atoms with Crippen LogP contribution in [0.15, 0.2) is 64.2 Å². The molecule has 0 bridgehead atoms. The molecule has 0 aliphatic carbocycles. The van der Waals surface area contributed by atoms with Gasteiger partial charge in [-0.3, -0.25) is 18.7 Å². The van der Waals surface area contributed by atoms with Gasteiger partial charge in [0.05, 0.1) is 6.54 Å². The third-order valence-corrected chi connectivity index (χ3v) is 5.46. The molecule has 2 heterocycles. The van der Waals surface area contributed by atoms with Gasteiger partial charge >= 0.3 is 5.69 Å². The van der Waals surface area contributed by atoms with Gasteiger partial charge in [0.25, 0.3) is 5.56 Å². The normalized spacial score (nSPS) is 11.2. The number of ketones is 1. The first kappa shape index (κ1) is 21.6. The van der Waals surface area contributed by atoms with Gasteiger partial charge in [-0.1, -0.05) is 61.0 Å². The summed E-state index contributed by atoms with van der Waals surface area (Å²) in [6.07, 6.45) is 0.604. The quantitative estimate of drug-likeness (QED) is 0.435. The molecule has 0 fully saturated rings. The molecule has 32 heavy (non-hydrogen) atoms. The van der Waals surface area contributed by atoms with Crippen molar-refractivity contribution in [1.82, 2.24) is 18.9 Å². The van der Waals surface area contributed by atoms with E-state index in [0.717, 1.165) is 5.56 Å². The fourth-order valence-corrected chi connectivity index (χ4v) is 3.84. The summed E-state index contributed by atoms with van der Waals surface area (Å²) < 4.78 is 3.87. The zero-order valence-electron chi connectivity index (χ0n) is 17.5. The number of aromatic nitrogens is 4. The van der Waals surface area contributed by atoms with E-state index in [1.807, 2.05) is 37.3 Å². The van der Waals surface area contributed by atoms with Gasteiger partial charge in [-0.2, -0.15) is 5.10 Å². The summed E-state index contributed by atoms with van der Waals surface area (Å²) in [7, 11) is 0. The molecule has 164 valence electrons. The zero-order chi connectivity index (χ0) is 22.8. The first-order valence-electron chi connectivity index (χ1n) is 10.2. The predicted molar refractivity (Wildman–Crippen MR) is 124 cm³/mol. The number of halogens is 1. The molecule has 8 nitrogen and oxygen atoms in total. The van der Waals surface area contributed by atoms with E-state index in [4.69, 9.17) is 17.3 Å². The Morgan fingerprint density at radius 2 is 1.81 bits per heavy atom. The Morgan fingerprint density at radius 1 is 1.06 bits per heavy atom. The van der Waals surface area contributed by atoms with Crippen LogP contribution < -0.4 is 17.0 Å². The first-order valence-corrected chi connectivity index (χ1v) is 10.6. The van der Waals surface area contributed by atoms with Crippen LogP contribution in [-0.2, 0) is 19.6 Å². The number of benzene rings is 2. The number of anilines is 1. The van der Waals surface area contributed by atoms with Crippen molar-refractivity contribution in [2.75, 3.05) is 5.73 Å². The number of hydrogen-bond acceptors (Lipinski definition) is 5. The molecule has 0 amide bonds. The Bertz CT molecular complexity index is 1420. The van der Waals surface area contributed by atoms with E-state index in [1.54, 1.807) is 24.3 Å². The second kappa shape index (κ2) is 8.84. The number of carbonyl (C=O) groups excluding carboxylic acids is 1. The predicted octanol–water partition coefficient (Wildman–Crippen LogP) is 2.94. The van der Waals surface area contributed by atoms with E-state index in [9.17, 15) is 14.4 Å². The van der Waals surface area contributed by atoms with Gasteiger partial charge in [0.1, 0.15) is 17.7 Å². The maximum atomic E-state index is 13.2. The van der Waals surface area contributed by atoms with Crippen LogP contribution in [0.5, 0.6) is 0 Å². The van der Waals surface area contributed by atoms with Crippen LogP contribution in [0.2, 0.25) is 5.02 Å². The van der Waals surface area contributed by atoms with Crippen molar-refractivity contribution < 1.29 is 4.79 Å². The number of nitrogens with zero attached hydrogens (tertiary/aromatic N) is 4. The summed E-state index contributed by atoms with van der Waals surface area (Å²) in [5, 5.41) is 4.98. The number of hydrogen-bond donors (Lipinski definition) is 1. The van der Waals surface area contributed by atoms with Crippen molar-refractivity contribution in [3.63, 3.8) is 0 Å². The maximum Gasteiger partial charge on any atom is 0.333 e. The second-order valence-corrected chi connectivity index (χ2v) is 7.92. The smallest absolute Gasteiger partial charge is 0.333 e. The minimum absolute atomic E-state index is 0.0482. The average Bonchev–Trinajstić information content (AvgIpc) is 3.11. The van der Waals surface area contributed by atoms with Crippen molar-refractivity contribution in [2.45, 2.75) is 33.0 Å². The molecule has 0 spiro atoms. The Labute approximate surface area is 188 Å². The van der Waals surface area contributed by atoms with Crippen molar-refractivity contribution in [3.8, 4) is 0 Å². The Morgan fingerprint density at radius 3 is 2.50 bits per heavy atom. The van der Waals surface area contributed by atoms with Gasteiger partial charge in [-0.05, 0) is 24.1 Å². The van der Waals surface area contributed by atoms with E-state index in [2.05, 4.69) is 5.10 Å². The summed E-state index contributed by atoms with van der Waals surface area (Å²) in [6.45, 7) is 2.18. The summed E-state index contributed by atoms with van der Waals surface area (Å²) in [6, 6.07) is 16.0. The molecule has 0 atom stereocenters. The Kier molecular flexibility index (Phi) is 5.96. The second-order valence-electron chi connectivity index (χ2n) is 7.49. The molecule has 2 N–H and O–H groups in total. The van der Waals surface area contributed by atoms with Gasteiger partial charge in [-0.25, -0.2) is 9.48 Å². The topological polar surface area (TPSA) is 105 Å². The molecule has 4 rings (SSSR count). The number of carbonyl (C=O) groups is 1. The number of fused-ring (bicyclic) bond motifs is 1. The largest absolute Gasteiger partial charge is 0.383 e. The molecule has 0 aliphatic rings. The van der Waals surface area contributed by atoms with Crippen LogP contribution in [-0.4, -0.2) is 24.7 Å². The average molecular weight is 452 g/mol. The van der Waals surface area contributed by atoms with Gasteiger partial charge in [0, 0.05) is 17.1 Å². The molecule has 0 saturated heterocycles. The Hall–Kier alpha value is -3.65. The van der Waals surface area contributed by atoms with Crippen LogP contribution in [0.1, 0.15) is 29.3 Å². The molecule has 0 radical (unpaired) electrons. The van der Waals surface area contributed by atoms with Crippen molar-refractivity contribution in [1.29, 1.82) is 0 Å². The van der Waals surface area contributed by atoms with Gasteiger partial charge in [0.2, 0.25) is 0 Å². The lowest BCUT2D eigenvalue weighted by atomic mass is 10.1. The monoisotopic (exact) mass is 451 g/mol. The minimum atomic E-state index is -0.505. The molecule has 2 aromatic carbocycles. The molecule has 0 saturated carbocycles. The molecule has 0 aliphatic heterocycles. The lowest BCUT2D eigenvalue weighted by Crippen LogP contribution is -2.40. The Balaban J connectivity index is 1.86. The summed E-state index contributed by atoms with van der Waals surface area (Å²) in [5.41, 5.74) is 6.74. The lowest BCUT2D eigenvalue weighted by molar-refractivity contribution is 0.0968. The fourth-order valence-electron chi connectivity index (χ4n) is 3.65. The molecule has 0 unspecified atom stereocenters. The van der Waals surface area contributed by atoms with Crippen LogP contribution in [0.3, 0.4) is 0 Å². The molecule has 4 aromatic rings. The highest BCUT2D eigenvalue weighted by Gasteiger charge is 2.22. The number of Topliss-reactive ketones (excluding diaryl/α,β-unsaturated/α-hetero) is 1. The highest BCUT2D eigenvalue weighted by molar-refractivity contribution is 6.31. The van der Waals surface area contributed by atoms with Crippen molar-refractivity contribution in [2.24, 2.45) is 0 Å². The van der Waals surface area contributed by atoms with E-state index >= 15 is 0 Å². The lowest BCUT2D eigenvalue weighted by Gasteiger charge is -2.10. The van der Waals surface area contributed by atoms with E-state index in [-0.39, 0.29) is 42.3 Å². The SMILES string of the molecule is CCCn1c(=O)c2c(N)n(CC(=O)c3cccc(Cl)c3)nc2n(Cc2ccccc2)c1=O. The standard InChI is InChI=1S/C23H22ClN5O3/c1-2-11-27-22(31)19-20(25)29(14-18(30)16-9-6-10-17(24)12-16)26-21(19)28(23(27)32)13-15-7-4-3-5-8-15/h3-10,12H,2,11,13-14,25H2,1H3. The molecular weight excluding hydrogens is 430 g/mol. The minimum Gasteiger partial charge on any atom is -0.383 e. The molecule has 2 aromatic heterocycles. The summed E-state index contributed by atoms with van der Waals surface area (Å²) in [5.74, 6) is -0.218. The van der Waals surface area contributed by atoms with Crippen LogP contribution in [0.4, 0.5) is 5.82 Å². The third kappa shape index (κ3) is 3.97. The highest BCUT2D eigenvalue weighted by atomic mass is 35.5. The number of rotatable bonds is 7. The zero-order valence-corrected chi connectivity index (χ0v) is 18.2. The van der Waals surface area contributed by atoms with Gasteiger partial charge in [-0.15, -0.1) is 0 Å². The number of nitrogens with two attached hydrogens (primary N) is 1. The fraction of sp³-hybridized carbons (Fsp3) is 0.217. The summed E-state index contributed by atoms with van der Waals surface area (Å²) in [4.78, 5) is 39.0. The first-order chi connectivity index (χ1) is 15.4. The van der Waals surface area contributed by atoms with E-state index < -0.39 is 11.2 Å². The van der Waals surface area contributed by atoms with Gasteiger partial charge < -0.3 is 5.73 Å². The van der Waals surface area contributed by atoms with Crippen LogP contribution >= 0.6 is 11.6 Å². The summed E-state index contributed by atoms with van der Waals surface area (Å²) >= 11 is 5.99. The molecule has 9 heteroatoms. The van der Waals surface area contributed by atoms with E-state index in [1.165, 1.54) is 13.8 Å². The van der Waals surface area contributed by atoms with Crippen LogP contribution in [0, 0.1) is 0 Å². The molecular formula is C23H22ClN5O3. The van der Waals surface area contributed by atoms with Crippen LogP contribution in [0.25, 0.3) is 11.0 Å². The maximum absolute atomic E-state index is 13.2. The number of nitrogen functional groups attached to an aromatic ring is 1. The van der Waals surface area contributed by atoms with Gasteiger partial charge in [0.15, 0.2) is 11.4 Å². The van der Waals surface area contributed by atoms with E-state index in [0.29, 0.717) is 17.0 Å². The van der Waals surface area contributed by atoms with Crippen molar-refractivity contribution in [3.05, 3.63) is 91.6 Å². The highest BCUT2D eigenvalue weighted by Crippen LogP contribution is 2.19.